The number of carboxylic acid groups (broad SMARTS) is 1. The lowest BCUT2D eigenvalue weighted by Crippen LogP contribution is -2.47. The molecule has 0 radical (unpaired) electrons. The predicted octanol–water partition coefficient (Wildman–Crippen LogP) is 3.39. The van der Waals surface area contributed by atoms with Gasteiger partial charge in [-0.2, -0.15) is 0 Å². The fourth-order valence-electron chi connectivity index (χ4n) is 5.14. The van der Waals surface area contributed by atoms with Gasteiger partial charge in [0.15, 0.2) is 0 Å². The molecule has 3 unspecified atom stereocenters. The van der Waals surface area contributed by atoms with E-state index < -0.39 is 5.97 Å². The van der Waals surface area contributed by atoms with E-state index in [0.717, 1.165) is 24.8 Å². The number of hydrogen-bond acceptors (Lipinski definition) is 2. The third-order valence-corrected chi connectivity index (χ3v) is 6.33. The summed E-state index contributed by atoms with van der Waals surface area (Å²) in [6.45, 7) is 5.70. The number of hydrogen-bond donors (Lipinski definition) is 1. The summed E-state index contributed by atoms with van der Waals surface area (Å²) in [5, 5.41) is 9.66. The molecule has 114 valence electrons. The minimum Gasteiger partial charge on any atom is -0.480 e. The number of fused-ring (bicyclic) bond motifs is 1. The SMILES string of the molecule is CC(C)C1CCC(N2CC3CCCC3C2C(=O)O)CC1. The van der Waals surface area contributed by atoms with Crippen LogP contribution in [0.15, 0.2) is 0 Å². The van der Waals surface area contributed by atoms with Crippen molar-refractivity contribution in [3.8, 4) is 0 Å². The molecule has 20 heavy (non-hydrogen) atoms. The average Bonchev–Trinajstić information content (AvgIpc) is 2.97. The highest BCUT2D eigenvalue weighted by Crippen LogP contribution is 2.45. The van der Waals surface area contributed by atoms with Crippen LogP contribution in [0.1, 0.15) is 58.8 Å². The average molecular weight is 279 g/mol. The first-order chi connectivity index (χ1) is 9.58. The van der Waals surface area contributed by atoms with Crippen molar-refractivity contribution in [3.63, 3.8) is 0 Å². The van der Waals surface area contributed by atoms with Gasteiger partial charge >= 0.3 is 5.97 Å². The lowest BCUT2D eigenvalue weighted by molar-refractivity contribution is -0.144. The van der Waals surface area contributed by atoms with Crippen molar-refractivity contribution < 1.29 is 9.90 Å². The van der Waals surface area contributed by atoms with Crippen LogP contribution in [0.5, 0.6) is 0 Å². The third kappa shape index (κ3) is 2.49. The number of carboxylic acids is 1. The second-order valence-corrected chi connectivity index (χ2v) is 7.65. The Bertz CT molecular complexity index is 360. The molecule has 2 saturated carbocycles. The molecular formula is C17H29NO2. The molecule has 3 heteroatoms. The van der Waals surface area contributed by atoms with Crippen molar-refractivity contribution in [2.45, 2.75) is 70.9 Å². The van der Waals surface area contributed by atoms with E-state index >= 15 is 0 Å². The number of likely N-dealkylation sites (tertiary alicyclic amines) is 1. The third-order valence-electron chi connectivity index (χ3n) is 6.33. The highest BCUT2D eigenvalue weighted by Gasteiger charge is 2.49. The monoisotopic (exact) mass is 279 g/mol. The normalized spacial score (nSPS) is 42.0. The largest absolute Gasteiger partial charge is 0.480 e. The van der Waals surface area contributed by atoms with Crippen molar-refractivity contribution in [1.82, 2.24) is 4.90 Å². The van der Waals surface area contributed by atoms with E-state index in [-0.39, 0.29) is 6.04 Å². The first-order valence-corrected chi connectivity index (χ1v) is 8.56. The molecule has 0 spiro atoms. The number of nitrogens with zero attached hydrogens (tertiary/aromatic N) is 1. The number of carbonyl (C=O) groups is 1. The van der Waals surface area contributed by atoms with Crippen LogP contribution in [-0.4, -0.2) is 34.6 Å². The van der Waals surface area contributed by atoms with Crippen molar-refractivity contribution in [1.29, 1.82) is 0 Å². The molecule has 0 aromatic heterocycles. The molecule has 1 saturated heterocycles. The van der Waals surface area contributed by atoms with Gasteiger partial charge in [0.05, 0.1) is 0 Å². The Kier molecular flexibility index (Phi) is 4.07. The Hall–Kier alpha value is -0.570. The molecular weight excluding hydrogens is 250 g/mol. The zero-order chi connectivity index (χ0) is 14.3. The Labute approximate surface area is 122 Å². The van der Waals surface area contributed by atoms with Gasteiger partial charge in [-0.1, -0.05) is 20.3 Å². The molecule has 3 aliphatic rings. The maximum Gasteiger partial charge on any atom is 0.321 e. The minimum absolute atomic E-state index is 0.178. The Balaban J connectivity index is 1.66. The van der Waals surface area contributed by atoms with Crippen molar-refractivity contribution in [2.24, 2.45) is 23.7 Å². The highest BCUT2D eigenvalue weighted by atomic mass is 16.4. The zero-order valence-corrected chi connectivity index (χ0v) is 12.9. The number of aliphatic carboxylic acids is 1. The standard InChI is InChI=1S/C17H29NO2/c1-11(2)12-6-8-14(9-7-12)18-10-13-4-3-5-15(13)16(18)17(19)20/h11-16H,3-10H2,1-2H3,(H,19,20). The van der Waals surface area contributed by atoms with Gasteiger partial charge in [0.2, 0.25) is 0 Å². The Morgan fingerprint density at radius 3 is 2.40 bits per heavy atom. The van der Waals surface area contributed by atoms with Crippen LogP contribution in [0.4, 0.5) is 0 Å². The van der Waals surface area contributed by atoms with Crippen LogP contribution in [-0.2, 0) is 4.79 Å². The molecule has 3 rings (SSSR count). The van der Waals surface area contributed by atoms with E-state index in [9.17, 15) is 9.90 Å². The summed E-state index contributed by atoms with van der Waals surface area (Å²) >= 11 is 0. The van der Waals surface area contributed by atoms with Gasteiger partial charge < -0.3 is 5.11 Å². The first-order valence-electron chi connectivity index (χ1n) is 8.56. The molecule has 0 bridgehead atoms. The summed E-state index contributed by atoms with van der Waals surface area (Å²) in [5.74, 6) is 2.18. The Morgan fingerprint density at radius 2 is 1.80 bits per heavy atom. The van der Waals surface area contributed by atoms with Crippen LogP contribution in [0, 0.1) is 23.7 Å². The molecule has 3 fully saturated rings. The fourth-order valence-corrected chi connectivity index (χ4v) is 5.14. The highest BCUT2D eigenvalue weighted by molar-refractivity contribution is 5.74. The van der Waals surface area contributed by atoms with E-state index in [1.54, 1.807) is 0 Å². The van der Waals surface area contributed by atoms with Crippen LogP contribution in [0.25, 0.3) is 0 Å². The van der Waals surface area contributed by atoms with Crippen molar-refractivity contribution in [2.75, 3.05) is 6.54 Å². The molecule has 1 N–H and O–H groups in total. The molecule has 1 aliphatic heterocycles. The zero-order valence-electron chi connectivity index (χ0n) is 12.9. The molecule has 0 aromatic carbocycles. The maximum absolute atomic E-state index is 11.7. The van der Waals surface area contributed by atoms with Gasteiger partial charge in [-0.25, -0.2) is 0 Å². The first kappa shape index (κ1) is 14.4. The van der Waals surface area contributed by atoms with E-state index in [2.05, 4.69) is 18.7 Å². The minimum atomic E-state index is -0.564. The van der Waals surface area contributed by atoms with Gasteiger partial charge in [-0.15, -0.1) is 0 Å². The molecule has 1 heterocycles. The number of rotatable bonds is 3. The quantitative estimate of drug-likeness (QED) is 0.861. The Morgan fingerprint density at radius 1 is 1.10 bits per heavy atom. The summed E-state index contributed by atoms with van der Waals surface area (Å²) in [4.78, 5) is 14.1. The van der Waals surface area contributed by atoms with Gasteiger partial charge in [-0.3, -0.25) is 9.69 Å². The summed E-state index contributed by atoms with van der Waals surface area (Å²) in [6.07, 6.45) is 8.65. The van der Waals surface area contributed by atoms with E-state index in [0.29, 0.717) is 17.9 Å². The second kappa shape index (κ2) is 5.67. The van der Waals surface area contributed by atoms with Crippen LogP contribution < -0.4 is 0 Å². The smallest absolute Gasteiger partial charge is 0.321 e. The van der Waals surface area contributed by atoms with Gasteiger partial charge in [0, 0.05) is 12.6 Å². The summed E-state index contributed by atoms with van der Waals surface area (Å²) < 4.78 is 0. The van der Waals surface area contributed by atoms with Gasteiger partial charge in [-0.05, 0) is 62.2 Å². The van der Waals surface area contributed by atoms with Crippen LogP contribution in [0.2, 0.25) is 0 Å². The van der Waals surface area contributed by atoms with Crippen LogP contribution in [0.3, 0.4) is 0 Å². The molecule has 3 nitrogen and oxygen atoms in total. The second-order valence-electron chi connectivity index (χ2n) is 7.65. The summed E-state index contributed by atoms with van der Waals surface area (Å²) in [5.41, 5.74) is 0. The molecule has 2 aliphatic carbocycles. The lowest BCUT2D eigenvalue weighted by atomic mass is 9.79. The molecule has 0 amide bonds. The summed E-state index contributed by atoms with van der Waals surface area (Å²) in [7, 11) is 0. The van der Waals surface area contributed by atoms with E-state index in [4.69, 9.17) is 0 Å². The van der Waals surface area contributed by atoms with Crippen molar-refractivity contribution in [3.05, 3.63) is 0 Å². The van der Waals surface area contributed by atoms with Gasteiger partial charge in [0.25, 0.3) is 0 Å². The summed E-state index contributed by atoms with van der Waals surface area (Å²) in [6, 6.07) is 0.361. The van der Waals surface area contributed by atoms with Gasteiger partial charge in [0.1, 0.15) is 6.04 Å². The van der Waals surface area contributed by atoms with Crippen LogP contribution >= 0.6 is 0 Å². The van der Waals surface area contributed by atoms with E-state index in [1.807, 2.05) is 0 Å². The van der Waals surface area contributed by atoms with E-state index in [1.165, 1.54) is 38.5 Å². The lowest BCUT2D eigenvalue weighted by Gasteiger charge is -2.38. The maximum atomic E-state index is 11.7. The molecule has 3 atom stereocenters. The fraction of sp³-hybridized carbons (Fsp3) is 0.941. The topological polar surface area (TPSA) is 40.5 Å². The van der Waals surface area contributed by atoms with Crippen molar-refractivity contribution >= 4 is 5.97 Å². The predicted molar refractivity (Wildman–Crippen MR) is 79.5 cm³/mol. The molecule has 0 aromatic rings.